The number of imidazole rings is 1. The third kappa shape index (κ3) is 9.56. The Kier molecular flexibility index (Phi) is 13.4. The van der Waals surface area contributed by atoms with Gasteiger partial charge in [-0.15, -0.1) is 0 Å². The molecule has 3 aliphatic carbocycles. The van der Waals surface area contributed by atoms with E-state index in [-0.39, 0.29) is 10.8 Å². The van der Waals surface area contributed by atoms with Gasteiger partial charge in [-0.2, -0.15) is 0 Å². The maximum atomic E-state index is 6.86. The molecule has 1 aliphatic heterocycles. The molecule has 14 rings (SSSR count). The minimum atomic E-state index is -0.157. The molecule has 2 saturated carbocycles. The SMILES string of the molecule is CC(C)(C)c1ccc(-c2cnc(-n3c4[c-]c(Oc5[c-]c(-n6cc7c8ccc(n7[c]6=[Pt])CCc6ccc(c(C7CCCCC7)c6C6CCCCC6)CC8)ccc5)ccc4c4cc(-c5ccccc5)ccc43)cc2C(C)(C)C)cc1. The first-order valence-corrected chi connectivity index (χ1v) is 30.2. The summed E-state index contributed by atoms with van der Waals surface area (Å²) >= 11 is 2.55. The van der Waals surface area contributed by atoms with Crippen LogP contribution in [0.25, 0.3) is 61.1 Å². The van der Waals surface area contributed by atoms with Crippen LogP contribution < -0.4 is 4.74 Å². The summed E-state index contributed by atoms with van der Waals surface area (Å²) in [5.41, 5.74) is 20.9. The monoisotopic (exact) mass is 1200 g/mol. The first kappa shape index (κ1) is 50.9. The second-order valence-electron chi connectivity index (χ2n) is 24.9. The summed E-state index contributed by atoms with van der Waals surface area (Å²) in [7, 11) is 0. The first-order valence-electron chi connectivity index (χ1n) is 29.1. The molecule has 0 saturated heterocycles. The average Bonchev–Trinajstić information content (AvgIpc) is 4.20. The fourth-order valence-electron chi connectivity index (χ4n) is 13.6. The Labute approximate surface area is 472 Å². The Morgan fingerprint density at radius 2 is 1.21 bits per heavy atom. The van der Waals surface area contributed by atoms with E-state index in [1.54, 1.807) is 22.3 Å². The number of aryl methyl sites for hydroxylation is 4. The number of benzene rings is 6. The summed E-state index contributed by atoms with van der Waals surface area (Å²) in [6.45, 7) is 13.7. The molecule has 4 bridgehead atoms. The standard InChI is InChI=1S/C72H72N4O.Pt/c1-71(2,3)56-34-29-49(30-35-56)63-45-73-68(44-64(63)72(4,5)6)76-65-40-33-55(48-17-10-7-11-18-48)41-62(65)61-39-38-60(43-66(61)76)77-59-24-16-23-58(42-59)74-46-67-50-25-26-53-27-28-54(32-37-57(36-31-50)75(67)47-74)70(52-21-14-9-15-22-52)69(53)51-19-12-8-13-20-51;/h7,10-11,16-18,23-24,27-31,33-36,38-41,44-46,51-52H,8-9,12-15,19-22,25-26,32,37H2,1-6H3;/q-2;. The summed E-state index contributed by atoms with van der Waals surface area (Å²) in [5.74, 6) is 3.55. The van der Waals surface area contributed by atoms with E-state index in [0.29, 0.717) is 23.3 Å². The third-order valence-corrected chi connectivity index (χ3v) is 18.8. The van der Waals surface area contributed by atoms with Crippen molar-refractivity contribution < 1.29 is 24.1 Å². The molecule has 5 heterocycles. The van der Waals surface area contributed by atoms with Crippen LogP contribution in [0.15, 0.2) is 146 Å². The topological polar surface area (TPSA) is 36.4 Å². The molecule has 4 aromatic heterocycles. The van der Waals surface area contributed by atoms with Crippen molar-refractivity contribution in [2.75, 3.05) is 0 Å². The van der Waals surface area contributed by atoms with E-state index < -0.39 is 0 Å². The van der Waals surface area contributed by atoms with Gasteiger partial charge in [-0.05, 0) is 38.6 Å². The minimum absolute atomic E-state index is 0.0741. The van der Waals surface area contributed by atoms with E-state index in [1.807, 2.05) is 6.07 Å². The third-order valence-electron chi connectivity index (χ3n) is 17.7. The Hall–Kier alpha value is -6.55. The van der Waals surface area contributed by atoms with Crippen LogP contribution >= 0.6 is 0 Å². The number of pyridine rings is 2. The maximum absolute atomic E-state index is 6.86. The van der Waals surface area contributed by atoms with E-state index in [9.17, 15) is 0 Å². The van der Waals surface area contributed by atoms with Crippen molar-refractivity contribution in [3.05, 3.63) is 206 Å². The van der Waals surface area contributed by atoms with E-state index in [0.717, 1.165) is 68.4 Å². The minimum Gasteiger partial charge on any atom is -0.0579 e. The number of hydrogen-bond acceptors (Lipinski definition) is 2. The normalized spacial score (nSPS) is 15.8. The van der Waals surface area contributed by atoms with Gasteiger partial charge in [-0.1, -0.05) is 102 Å². The quantitative estimate of drug-likeness (QED) is 0.142. The average molecular weight is 1200 g/mol. The summed E-state index contributed by atoms with van der Waals surface area (Å²) in [6, 6.07) is 56.7. The van der Waals surface area contributed by atoms with E-state index in [1.165, 1.54) is 109 Å². The Morgan fingerprint density at radius 1 is 0.551 bits per heavy atom. The predicted octanol–water partition coefficient (Wildman–Crippen LogP) is 18.6. The smallest absolute Gasteiger partial charge is 0.0579 e. The number of hydrogen-bond donors (Lipinski definition) is 0. The van der Waals surface area contributed by atoms with Gasteiger partial charge in [-0.25, -0.2) is 0 Å². The number of ether oxygens (including phenoxy) is 1. The van der Waals surface area contributed by atoms with Crippen LogP contribution in [-0.2, 0) is 55.9 Å². The van der Waals surface area contributed by atoms with E-state index in [2.05, 4.69) is 226 Å². The molecule has 0 N–H and O–H groups in total. The molecule has 10 aromatic rings. The van der Waals surface area contributed by atoms with Crippen LogP contribution in [0, 0.1) is 15.9 Å². The van der Waals surface area contributed by atoms with Crippen LogP contribution in [0.3, 0.4) is 0 Å². The molecule has 0 atom stereocenters. The van der Waals surface area contributed by atoms with Gasteiger partial charge in [0.2, 0.25) is 0 Å². The molecule has 0 spiro atoms. The van der Waals surface area contributed by atoms with Gasteiger partial charge in [0.1, 0.15) is 0 Å². The van der Waals surface area contributed by atoms with Crippen LogP contribution in [0.4, 0.5) is 0 Å². The number of aromatic nitrogens is 4. The van der Waals surface area contributed by atoms with Crippen molar-refractivity contribution in [3.63, 3.8) is 0 Å². The van der Waals surface area contributed by atoms with Crippen LogP contribution in [0.2, 0.25) is 0 Å². The second kappa shape index (κ2) is 20.6. The van der Waals surface area contributed by atoms with Crippen molar-refractivity contribution >= 4 is 27.3 Å². The second-order valence-corrected chi connectivity index (χ2v) is 25.9. The molecular formula is C72H72N4OPt-2. The van der Waals surface area contributed by atoms with E-state index >= 15 is 0 Å². The fourth-order valence-corrected chi connectivity index (χ4v) is 14.7. The van der Waals surface area contributed by atoms with Crippen LogP contribution in [-0.4, -0.2) is 18.5 Å². The molecule has 4 aliphatic rings. The summed E-state index contributed by atoms with van der Waals surface area (Å²) in [6.07, 6.45) is 22.3. The predicted molar refractivity (Wildman–Crippen MR) is 317 cm³/mol. The zero-order valence-electron chi connectivity index (χ0n) is 46.4. The first-order chi connectivity index (χ1) is 37.8. The van der Waals surface area contributed by atoms with Crippen molar-refractivity contribution in [3.8, 4) is 45.3 Å². The van der Waals surface area contributed by atoms with Gasteiger partial charge in [0.25, 0.3) is 0 Å². The van der Waals surface area contributed by atoms with Crippen LogP contribution in [0.5, 0.6) is 11.5 Å². The number of rotatable bonds is 8. The molecule has 0 amide bonds. The molecule has 0 radical (unpaired) electrons. The van der Waals surface area contributed by atoms with Crippen molar-refractivity contribution in [2.24, 2.45) is 0 Å². The molecule has 6 heteroatoms. The molecule has 78 heavy (non-hydrogen) atoms. The molecule has 398 valence electrons. The zero-order chi connectivity index (χ0) is 53.3. The molecule has 0 unspecified atom stereocenters. The molecular weight excluding hydrogens is 1130 g/mol. The van der Waals surface area contributed by atoms with Gasteiger partial charge in [0.05, 0.1) is 0 Å². The molecule has 2 fully saturated rings. The summed E-state index contributed by atoms with van der Waals surface area (Å²) < 4.78 is 15.1. The van der Waals surface area contributed by atoms with Crippen molar-refractivity contribution in [1.82, 2.24) is 18.5 Å². The fraction of sp³-hybridized carbons (Fsp3) is 0.333. The van der Waals surface area contributed by atoms with Gasteiger partial charge in [-0.3, -0.25) is 0 Å². The zero-order valence-corrected chi connectivity index (χ0v) is 48.7. The number of fused-ring (bicyclic) bond motifs is 6. The van der Waals surface area contributed by atoms with Crippen LogP contribution in [0.1, 0.15) is 162 Å². The molecule has 6 aromatic carbocycles. The van der Waals surface area contributed by atoms with Gasteiger partial charge in [0.15, 0.2) is 0 Å². The Morgan fingerprint density at radius 3 is 1.90 bits per heavy atom. The van der Waals surface area contributed by atoms with Crippen molar-refractivity contribution in [1.29, 1.82) is 0 Å². The molecule has 5 nitrogen and oxygen atoms in total. The summed E-state index contributed by atoms with van der Waals surface area (Å²) in [4.78, 5) is 5.30. The number of nitrogens with zero attached hydrogens (tertiary/aromatic N) is 4. The Balaban J connectivity index is 0.870. The van der Waals surface area contributed by atoms with Gasteiger partial charge >= 0.3 is 323 Å². The van der Waals surface area contributed by atoms with E-state index in [4.69, 9.17) is 9.72 Å². The Bertz CT molecular complexity index is 3940. The summed E-state index contributed by atoms with van der Waals surface area (Å²) in [5, 5.41) is 2.23. The van der Waals surface area contributed by atoms with Gasteiger partial charge in [0, 0.05) is 11.8 Å². The van der Waals surface area contributed by atoms with Gasteiger partial charge < -0.3 is 0 Å². The van der Waals surface area contributed by atoms with Crippen molar-refractivity contribution in [2.45, 2.75) is 154 Å².